The lowest BCUT2D eigenvalue weighted by atomic mass is 9.96. The summed E-state index contributed by atoms with van der Waals surface area (Å²) in [6, 6.07) is 21.7. The van der Waals surface area contributed by atoms with Gasteiger partial charge in [0.15, 0.2) is 6.10 Å². The quantitative estimate of drug-likeness (QED) is 0.279. The molecule has 0 amide bonds. The van der Waals surface area contributed by atoms with E-state index in [2.05, 4.69) is 78.2 Å². The Hall–Kier alpha value is -2.62. The highest BCUT2D eigenvalue weighted by atomic mass is 32.1. The first kappa shape index (κ1) is 14.5. The fraction of sp³-hybridized carbons (Fsp3) is 0.0435. The molecule has 0 N–H and O–H groups in total. The average molecular weight is 370 g/mol. The second-order valence-corrected chi connectivity index (χ2v) is 8.62. The van der Waals surface area contributed by atoms with Crippen molar-refractivity contribution in [1.82, 2.24) is 0 Å². The minimum atomic E-state index is 0.00464. The van der Waals surface area contributed by atoms with Crippen molar-refractivity contribution < 1.29 is 4.74 Å². The lowest BCUT2D eigenvalue weighted by Gasteiger charge is -2.22. The standard InChI is InChI=1S/C23H14OS2/c1-2-4-15-14(3-1)5-6-17-16(15)7-9-19-18(17)8-10-20(24-19)22-13-23-21(26-22)11-12-25-23/h1-13,20H. The Morgan fingerprint density at radius 3 is 2.69 bits per heavy atom. The third-order valence-corrected chi connectivity index (χ3v) is 7.21. The highest BCUT2D eigenvalue weighted by molar-refractivity contribution is 7.26. The van der Waals surface area contributed by atoms with Gasteiger partial charge in [-0.15, -0.1) is 22.7 Å². The predicted molar refractivity (Wildman–Crippen MR) is 114 cm³/mol. The van der Waals surface area contributed by atoms with E-state index in [1.165, 1.54) is 41.4 Å². The molecular weight excluding hydrogens is 356 g/mol. The van der Waals surface area contributed by atoms with E-state index in [-0.39, 0.29) is 6.10 Å². The predicted octanol–water partition coefficient (Wildman–Crippen LogP) is 7.42. The molecule has 6 rings (SSSR count). The van der Waals surface area contributed by atoms with E-state index in [0.717, 1.165) is 5.75 Å². The SMILES string of the molecule is C1=CC(c2cc3sccc3s2)Oc2ccc3c(ccc4ccccc43)c21. The molecule has 0 spiro atoms. The smallest absolute Gasteiger partial charge is 0.151 e. The minimum Gasteiger partial charge on any atom is -0.480 e. The van der Waals surface area contributed by atoms with Crippen molar-refractivity contribution in [2.24, 2.45) is 0 Å². The first-order chi connectivity index (χ1) is 12.9. The molecule has 0 radical (unpaired) electrons. The summed E-state index contributed by atoms with van der Waals surface area (Å²) >= 11 is 3.62. The molecule has 1 nitrogen and oxygen atoms in total. The molecule has 0 bridgehead atoms. The van der Waals surface area contributed by atoms with Crippen LogP contribution in [-0.4, -0.2) is 0 Å². The van der Waals surface area contributed by atoms with Gasteiger partial charge in [-0.05, 0) is 51.2 Å². The number of thiophene rings is 2. The van der Waals surface area contributed by atoms with Gasteiger partial charge in [0, 0.05) is 15.0 Å². The Kier molecular flexibility index (Phi) is 3.04. The Bertz CT molecular complexity index is 1290. The van der Waals surface area contributed by atoms with Gasteiger partial charge in [0.1, 0.15) is 5.75 Å². The van der Waals surface area contributed by atoms with Gasteiger partial charge >= 0.3 is 0 Å². The van der Waals surface area contributed by atoms with Gasteiger partial charge in [-0.3, -0.25) is 0 Å². The molecular formula is C23H14OS2. The Morgan fingerprint density at radius 1 is 0.808 bits per heavy atom. The van der Waals surface area contributed by atoms with E-state index >= 15 is 0 Å². The maximum Gasteiger partial charge on any atom is 0.151 e. The van der Waals surface area contributed by atoms with Gasteiger partial charge in [-0.25, -0.2) is 0 Å². The maximum absolute atomic E-state index is 6.37. The van der Waals surface area contributed by atoms with Crippen molar-refractivity contribution in [2.75, 3.05) is 0 Å². The second kappa shape index (κ2) is 5.44. The van der Waals surface area contributed by atoms with Crippen LogP contribution in [0.2, 0.25) is 0 Å². The molecule has 0 aliphatic carbocycles. The molecule has 3 heterocycles. The Balaban J connectivity index is 1.49. The molecule has 5 aromatic rings. The van der Waals surface area contributed by atoms with E-state index in [1.54, 1.807) is 11.3 Å². The second-order valence-electron chi connectivity index (χ2n) is 6.55. The van der Waals surface area contributed by atoms with Crippen molar-refractivity contribution in [3.63, 3.8) is 0 Å². The molecule has 3 aromatic carbocycles. The van der Waals surface area contributed by atoms with Gasteiger partial charge in [0.25, 0.3) is 0 Å². The summed E-state index contributed by atoms with van der Waals surface area (Å²) in [7, 11) is 0. The van der Waals surface area contributed by atoms with Crippen LogP contribution in [0.3, 0.4) is 0 Å². The van der Waals surface area contributed by atoms with Crippen LogP contribution in [0.15, 0.2) is 72.1 Å². The summed E-state index contributed by atoms with van der Waals surface area (Å²) in [5, 5.41) is 7.25. The summed E-state index contributed by atoms with van der Waals surface area (Å²) in [5.74, 6) is 0.969. The zero-order valence-electron chi connectivity index (χ0n) is 13.8. The molecule has 0 saturated carbocycles. The zero-order chi connectivity index (χ0) is 17.1. The topological polar surface area (TPSA) is 9.23 Å². The summed E-state index contributed by atoms with van der Waals surface area (Å²) < 4.78 is 9.06. The summed E-state index contributed by atoms with van der Waals surface area (Å²) in [6.07, 6.45) is 4.42. The fourth-order valence-corrected chi connectivity index (χ4v) is 5.93. The van der Waals surface area contributed by atoms with Crippen LogP contribution in [-0.2, 0) is 0 Å². The number of rotatable bonds is 1. The van der Waals surface area contributed by atoms with Crippen LogP contribution in [0, 0.1) is 0 Å². The molecule has 26 heavy (non-hydrogen) atoms. The lowest BCUT2D eigenvalue weighted by Crippen LogP contribution is -2.07. The third kappa shape index (κ3) is 2.08. The van der Waals surface area contributed by atoms with Crippen LogP contribution >= 0.6 is 22.7 Å². The fourth-order valence-electron chi connectivity index (χ4n) is 3.80. The maximum atomic E-state index is 6.37. The first-order valence-corrected chi connectivity index (χ1v) is 10.3. The van der Waals surface area contributed by atoms with Crippen molar-refractivity contribution in [1.29, 1.82) is 0 Å². The number of ether oxygens (including phenoxy) is 1. The van der Waals surface area contributed by atoms with Crippen LogP contribution in [0.1, 0.15) is 16.5 Å². The molecule has 2 aromatic heterocycles. The number of benzene rings is 3. The van der Waals surface area contributed by atoms with Crippen molar-refractivity contribution in [2.45, 2.75) is 6.10 Å². The molecule has 1 unspecified atom stereocenters. The average Bonchev–Trinajstić information content (AvgIpc) is 3.29. The van der Waals surface area contributed by atoms with E-state index in [9.17, 15) is 0 Å². The van der Waals surface area contributed by atoms with Crippen LogP contribution < -0.4 is 4.74 Å². The molecule has 0 fully saturated rings. The highest BCUT2D eigenvalue weighted by Gasteiger charge is 2.20. The number of fused-ring (bicyclic) bond motifs is 6. The van der Waals surface area contributed by atoms with Crippen molar-refractivity contribution in [3.8, 4) is 5.75 Å². The van der Waals surface area contributed by atoms with Gasteiger partial charge in [-0.2, -0.15) is 0 Å². The van der Waals surface area contributed by atoms with E-state index in [1.807, 2.05) is 11.3 Å². The minimum absolute atomic E-state index is 0.00464. The van der Waals surface area contributed by atoms with Crippen LogP contribution in [0.25, 0.3) is 37.0 Å². The van der Waals surface area contributed by atoms with Gasteiger partial charge < -0.3 is 4.74 Å². The molecule has 124 valence electrons. The van der Waals surface area contributed by atoms with Gasteiger partial charge in [0.05, 0.1) is 4.88 Å². The van der Waals surface area contributed by atoms with E-state index in [0.29, 0.717) is 0 Å². The summed E-state index contributed by atoms with van der Waals surface area (Å²) in [5.41, 5.74) is 1.18. The molecule has 3 heteroatoms. The van der Waals surface area contributed by atoms with Gasteiger partial charge in [-0.1, -0.05) is 48.5 Å². The molecule has 1 aliphatic rings. The lowest BCUT2D eigenvalue weighted by molar-refractivity contribution is 0.256. The van der Waals surface area contributed by atoms with E-state index in [4.69, 9.17) is 4.74 Å². The highest BCUT2D eigenvalue weighted by Crippen LogP contribution is 2.42. The normalized spacial score (nSPS) is 16.2. The zero-order valence-corrected chi connectivity index (χ0v) is 15.4. The largest absolute Gasteiger partial charge is 0.480 e. The monoisotopic (exact) mass is 370 g/mol. The third-order valence-electron chi connectivity index (χ3n) is 5.06. The van der Waals surface area contributed by atoms with E-state index < -0.39 is 0 Å². The van der Waals surface area contributed by atoms with Crippen molar-refractivity contribution in [3.05, 3.63) is 82.6 Å². The van der Waals surface area contributed by atoms with Crippen LogP contribution in [0.5, 0.6) is 5.75 Å². The first-order valence-electron chi connectivity index (χ1n) is 8.63. The van der Waals surface area contributed by atoms with Crippen LogP contribution in [0.4, 0.5) is 0 Å². The summed E-state index contributed by atoms with van der Waals surface area (Å²) in [6.45, 7) is 0. The summed E-state index contributed by atoms with van der Waals surface area (Å²) in [4.78, 5) is 1.27. The Morgan fingerprint density at radius 2 is 1.73 bits per heavy atom. The molecule has 0 saturated heterocycles. The molecule has 1 atom stereocenters. The van der Waals surface area contributed by atoms with Crippen molar-refractivity contribution >= 4 is 59.7 Å². The molecule has 1 aliphatic heterocycles. The number of hydrogen-bond donors (Lipinski definition) is 0. The Labute approximate surface area is 158 Å². The number of hydrogen-bond acceptors (Lipinski definition) is 3. The van der Waals surface area contributed by atoms with Gasteiger partial charge in [0.2, 0.25) is 0 Å².